The van der Waals surface area contributed by atoms with E-state index in [1.807, 2.05) is 13.8 Å². The summed E-state index contributed by atoms with van der Waals surface area (Å²) in [6.07, 6.45) is 4.99. The van der Waals surface area contributed by atoms with Crippen LogP contribution in [0, 0.1) is 5.92 Å². The van der Waals surface area contributed by atoms with Crippen LogP contribution in [0.3, 0.4) is 0 Å². The third kappa shape index (κ3) is 5.00. The predicted octanol–water partition coefficient (Wildman–Crippen LogP) is 2.07. The van der Waals surface area contributed by atoms with Crippen molar-refractivity contribution in [2.45, 2.75) is 26.7 Å². The monoisotopic (exact) mass is 212 g/mol. The van der Waals surface area contributed by atoms with Crippen molar-refractivity contribution in [1.82, 2.24) is 0 Å². The lowest BCUT2D eigenvalue weighted by Crippen LogP contribution is -2.11. The van der Waals surface area contributed by atoms with Gasteiger partial charge in [-0.1, -0.05) is 26.0 Å². The molecule has 15 heavy (non-hydrogen) atoms. The second kappa shape index (κ2) is 6.81. The molecule has 84 valence electrons. The van der Waals surface area contributed by atoms with Crippen LogP contribution in [0.5, 0.6) is 0 Å². The standard InChI is InChI=1S/C11H16O4/c1-3-8(4-2)9(11(14)15)6-5-7-10(12)13/h5-8H,3-4H2,1-2H3,(H,12,13)(H,14,15)/b7-5+,9-6+. The predicted molar refractivity (Wildman–Crippen MR) is 56.6 cm³/mol. The minimum Gasteiger partial charge on any atom is -0.478 e. The fraction of sp³-hybridized carbons (Fsp3) is 0.455. The molecule has 0 unspecified atom stereocenters. The van der Waals surface area contributed by atoms with Crippen LogP contribution in [-0.2, 0) is 9.59 Å². The number of carbonyl (C=O) groups is 2. The number of rotatable bonds is 6. The first kappa shape index (κ1) is 13.4. The summed E-state index contributed by atoms with van der Waals surface area (Å²) in [5, 5.41) is 17.3. The van der Waals surface area contributed by atoms with Gasteiger partial charge >= 0.3 is 11.9 Å². The van der Waals surface area contributed by atoms with Gasteiger partial charge < -0.3 is 10.2 Å². The van der Waals surface area contributed by atoms with E-state index in [1.165, 1.54) is 12.2 Å². The van der Waals surface area contributed by atoms with Crippen LogP contribution in [0.25, 0.3) is 0 Å². The van der Waals surface area contributed by atoms with Gasteiger partial charge in [-0.3, -0.25) is 0 Å². The molecule has 0 amide bonds. The van der Waals surface area contributed by atoms with E-state index < -0.39 is 11.9 Å². The quantitative estimate of drug-likeness (QED) is 0.522. The first-order valence-corrected chi connectivity index (χ1v) is 4.87. The summed E-state index contributed by atoms with van der Waals surface area (Å²) >= 11 is 0. The van der Waals surface area contributed by atoms with Gasteiger partial charge in [0.05, 0.1) is 0 Å². The molecule has 0 fully saturated rings. The highest BCUT2D eigenvalue weighted by Gasteiger charge is 2.15. The molecule has 0 aromatic rings. The Morgan fingerprint density at radius 2 is 1.73 bits per heavy atom. The topological polar surface area (TPSA) is 74.6 Å². The summed E-state index contributed by atoms with van der Waals surface area (Å²) < 4.78 is 0. The van der Waals surface area contributed by atoms with E-state index in [-0.39, 0.29) is 11.5 Å². The summed E-state index contributed by atoms with van der Waals surface area (Å²) in [7, 11) is 0. The summed E-state index contributed by atoms with van der Waals surface area (Å²) in [5.74, 6) is -2.10. The summed E-state index contributed by atoms with van der Waals surface area (Å²) in [5.41, 5.74) is 0.262. The van der Waals surface area contributed by atoms with Gasteiger partial charge in [-0.25, -0.2) is 9.59 Å². The molecule has 4 heteroatoms. The van der Waals surface area contributed by atoms with Gasteiger partial charge in [-0.05, 0) is 18.8 Å². The molecule has 0 saturated heterocycles. The first-order chi connectivity index (χ1) is 7.02. The van der Waals surface area contributed by atoms with E-state index in [0.29, 0.717) is 0 Å². The molecule has 0 aliphatic rings. The van der Waals surface area contributed by atoms with Crippen molar-refractivity contribution >= 4 is 11.9 Å². The average molecular weight is 212 g/mol. The highest BCUT2D eigenvalue weighted by molar-refractivity contribution is 5.88. The van der Waals surface area contributed by atoms with Crippen molar-refractivity contribution in [3.05, 3.63) is 23.8 Å². The molecule has 0 aliphatic heterocycles. The van der Waals surface area contributed by atoms with Crippen LogP contribution in [0.1, 0.15) is 26.7 Å². The molecule has 2 N–H and O–H groups in total. The molecule has 0 radical (unpaired) electrons. The molecular weight excluding hydrogens is 196 g/mol. The first-order valence-electron chi connectivity index (χ1n) is 4.87. The largest absolute Gasteiger partial charge is 0.478 e. The Morgan fingerprint density at radius 3 is 2.07 bits per heavy atom. The van der Waals surface area contributed by atoms with Gasteiger partial charge in [0.25, 0.3) is 0 Å². The van der Waals surface area contributed by atoms with Crippen LogP contribution in [0.4, 0.5) is 0 Å². The normalized spacial score (nSPS) is 12.3. The van der Waals surface area contributed by atoms with E-state index >= 15 is 0 Å². The highest BCUT2D eigenvalue weighted by atomic mass is 16.4. The lowest BCUT2D eigenvalue weighted by atomic mass is 9.93. The molecule has 0 spiro atoms. The molecule has 4 nitrogen and oxygen atoms in total. The maximum absolute atomic E-state index is 10.9. The number of hydrogen-bond acceptors (Lipinski definition) is 2. The minimum atomic E-state index is -1.08. The Hall–Kier alpha value is -1.58. The van der Waals surface area contributed by atoms with E-state index in [9.17, 15) is 9.59 Å². The lowest BCUT2D eigenvalue weighted by Gasteiger charge is -2.12. The van der Waals surface area contributed by atoms with Crippen molar-refractivity contribution in [2.24, 2.45) is 5.92 Å². The lowest BCUT2D eigenvalue weighted by molar-refractivity contribution is -0.133. The second-order valence-corrected chi connectivity index (χ2v) is 3.14. The fourth-order valence-electron chi connectivity index (χ4n) is 1.34. The van der Waals surface area contributed by atoms with Crippen LogP contribution >= 0.6 is 0 Å². The zero-order valence-electron chi connectivity index (χ0n) is 8.93. The zero-order valence-corrected chi connectivity index (χ0v) is 8.93. The average Bonchev–Trinajstić information content (AvgIpc) is 2.16. The van der Waals surface area contributed by atoms with Gasteiger partial charge in [0.1, 0.15) is 0 Å². The Kier molecular flexibility index (Phi) is 6.09. The molecule has 0 aromatic carbocycles. The van der Waals surface area contributed by atoms with E-state index in [2.05, 4.69) is 0 Å². The van der Waals surface area contributed by atoms with Crippen LogP contribution in [0.15, 0.2) is 23.8 Å². The Labute approximate surface area is 88.9 Å². The third-order valence-electron chi connectivity index (χ3n) is 2.19. The SMILES string of the molecule is CCC(CC)/C(=C\C=C\C(=O)O)C(=O)O. The second-order valence-electron chi connectivity index (χ2n) is 3.14. The van der Waals surface area contributed by atoms with Crippen molar-refractivity contribution < 1.29 is 19.8 Å². The number of hydrogen-bond donors (Lipinski definition) is 2. The molecule has 0 heterocycles. The third-order valence-corrected chi connectivity index (χ3v) is 2.19. The minimum absolute atomic E-state index is 0.0269. The molecule has 0 atom stereocenters. The van der Waals surface area contributed by atoms with Crippen LogP contribution < -0.4 is 0 Å². The highest BCUT2D eigenvalue weighted by Crippen LogP contribution is 2.19. The Bertz CT molecular complexity index is 285. The number of allylic oxidation sites excluding steroid dienone is 2. The van der Waals surface area contributed by atoms with Crippen molar-refractivity contribution in [1.29, 1.82) is 0 Å². The van der Waals surface area contributed by atoms with Crippen molar-refractivity contribution in [2.75, 3.05) is 0 Å². The zero-order chi connectivity index (χ0) is 11.8. The number of carboxylic acid groups (broad SMARTS) is 2. The summed E-state index contributed by atoms with van der Waals surface area (Å²) in [6.45, 7) is 3.82. The molecule has 0 bridgehead atoms. The number of aliphatic carboxylic acids is 2. The molecule has 0 rings (SSSR count). The van der Waals surface area contributed by atoms with Gasteiger partial charge in [-0.2, -0.15) is 0 Å². The summed E-state index contributed by atoms with van der Waals surface area (Å²) in [6, 6.07) is 0. The van der Waals surface area contributed by atoms with Gasteiger partial charge in [0.15, 0.2) is 0 Å². The maximum atomic E-state index is 10.9. The molecular formula is C11H16O4. The molecule has 0 saturated carbocycles. The van der Waals surface area contributed by atoms with E-state index in [4.69, 9.17) is 10.2 Å². The Morgan fingerprint density at radius 1 is 1.20 bits per heavy atom. The summed E-state index contributed by atoms with van der Waals surface area (Å²) in [4.78, 5) is 21.1. The van der Waals surface area contributed by atoms with Crippen molar-refractivity contribution in [3.8, 4) is 0 Å². The maximum Gasteiger partial charge on any atom is 0.331 e. The van der Waals surface area contributed by atoms with E-state index in [1.54, 1.807) is 0 Å². The smallest absolute Gasteiger partial charge is 0.331 e. The van der Waals surface area contributed by atoms with Crippen molar-refractivity contribution in [3.63, 3.8) is 0 Å². The molecule has 0 aliphatic carbocycles. The fourth-order valence-corrected chi connectivity index (χ4v) is 1.34. The van der Waals surface area contributed by atoms with Gasteiger partial charge in [0, 0.05) is 11.6 Å². The van der Waals surface area contributed by atoms with Gasteiger partial charge in [0.2, 0.25) is 0 Å². The van der Waals surface area contributed by atoms with Crippen LogP contribution in [0.2, 0.25) is 0 Å². The van der Waals surface area contributed by atoms with Crippen LogP contribution in [-0.4, -0.2) is 22.2 Å². The van der Waals surface area contributed by atoms with Gasteiger partial charge in [-0.15, -0.1) is 0 Å². The number of carboxylic acids is 2. The molecule has 0 aromatic heterocycles. The van der Waals surface area contributed by atoms with E-state index in [0.717, 1.165) is 18.9 Å². The Balaban J connectivity index is 4.79.